The van der Waals surface area contributed by atoms with Crippen LogP contribution in [0.4, 0.5) is 0 Å². The average Bonchev–Trinajstić information content (AvgIpc) is 2.13. The smallest absolute Gasteiger partial charge is 0.0954 e. The molecule has 0 aromatic rings. The largest absolute Gasteiger partial charge is 0.368 e. The molecule has 1 aliphatic heterocycles. The summed E-state index contributed by atoms with van der Waals surface area (Å²) < 4.78 is 0. The molecular weight excluding hydrogens is 126 g/mol. The first-order valence-corrected chi connectivity index (χ1v) is 3.65. The molecule has 3 heteroatoms. The van der Waals surface area contributed by atoms with Crippen molar-refractivity contribution in [2.24, 2.45) is 5.73 Å². The zero-order valence-corrected chi connectivity index (χ0v) is 6.59. The van der Waals surface area contributed by atoms with E-state index in [0.717, 1.165) is 13.1 Å². The van der Waals surface area contributed by atoms with E-state index in [9.17, 15) is 0 Å². The van der Waals surface area contributed by atoms with Crippen LogP contribution in [0.3, 0.4) is 0 Å². The van der Waals surface area contributed by atoms with Gasteiger partial charge in [0, 0.05) is 25.0 Å². The van der Waals surface area contributed by atoms with Gasteiger partial charge in [0.15, 0.2) is 0 Å². The Kier molecular flexibility index (Phi) is 2.17. The van der Waals surface area contributed by atoms with Crippen molar-refractivity contribution in [2.75, 3.05) is 13.1 Å². The molecule has 1 heterocycles. The van der Waals surface area contributed by atoms with Crippen LogP contribution in [0.5, 0.6) is 0 Å². The van der Waals surface area contributed by atoms with Gasteiger partial charge in [0.05, 0.1) is 6.17 Å². The number of nitrogens with two attached hydrogens (primary N) is 1. The number of nitrogens with zero attached hydrogens (tertiary/aromatic N) is 1. The molecule has 0 fully saturated rings. The Bertz CT molecular complexity index is 142. The molecule has 3 N–H and O–H groups in total. The minimum atomic E-state index is 0.420. The second-order valence-corrected chi connectivity index (χ2v) is 2.66. The Morgan fingerprint density at radius 2 is 2.50 bits per heavy atom. The summed E-state index contributed by atoms with van der Waals surface area (Å²) in [4.78, 5) is 2.20. The van der Waals surface area contributed by atoms with Crippen molar-refractivity contribution in [3.63, 3.8) is 0 Å². The van der Waals surface area contributed by atoms with E-state index in [0.29, 0.717) is 6.17 Å². The molecule has 0 aliphatic carbocycles. The fourth-order valence-electron chi connectivity index (χ4n) is 1.22. The molecule has 0 aromatic carbocycles. The number of allylic oxidation sites excluding steroid dienone is 1. The van der Waals surface area contributed by atoms with Gasteiger partial charge in [0.2, 0.25) is 0 Å². The quantitative estimate of drug-likeness (QED) is 0.571. The highest BCUT2D eigenvalue weighted by atomic mass is 15.3. The van der Waals surface area contributed by atoms with Crippen molar-refractivity contribution in [2.45, 2.75) is 20.0 Å². The third-order valence-corrected chi connectivity index (χ3v) is 1.68. The van der Waals surface area contributed by atoms with Crippen LogP contribution in [0.15, 0.2) is 11.9 Å². The normalized spacial score (nSPS) is 24.5. The number of rotatable bonds is 2. The highest BCUT2D eigenvalue weighted by molar-refractivity contribution is 5.03. The second-order valence-electron chi connectivity index (χ2n) is 2.66. The molecule has 58 valence electrons. The van der Waals surface area contributed by atoms with Gasteiger partial charge in [-0.25, -0.2) is 0 Å². The standard InChI is InChI=1S/C7H15N3/c1-6-5-10(4-3-8)7(2)9-6/h5,7,9H,3-4,8H2,1-2H3. The first-order valence-electron chi connectivity index (χ1n) is 3.65. The Labute approximate surface area is 61.9 Å². The monoisotopic (exact) mass is 141 g/mol. The number of nitrogens with one attached hydrogen (secondary N) is 1. The fourth-order valence-corrected chi connectivity index (χ4v) is 1.22. The first kappa shape index (κ1) is 7.41. The van der Waals surface area contributed by atoms with E-state index in [-0.39, 0.29) is 0 Å². The minimum absolute atomic E-state index is 0.420. The Balaban J connectivity index is 2.44. The van der Waals surface area contributed by atoms with E-state index in [1.54, 1.807) is 0 Å². The molecule has 0 spiro atoms. The molecule has 0 amide bonds. The predicted molar refractivity (Wildman–Crippen MR) is 42.1 cm³/mol. The van der Waals surface area contributed by atoms with Crippen molar-refractivity contribution < 1.29 is 0 Å². The summed E-state index contributed by atoms with van der Waals surface area (Å²) in [5.74, 6) is 0. The molecule has 0 aromatic heterocycles. The van der Waals surface area contributed by atoms with Gasteiger partial charge in [-0.2, -0.15) is 0 Å². The maximum absolute atomic E-state index is 5.42. The Hall–Kier alpha value is -0.700. The van der Waals surface area contributed by atoms with Gasteiger partial charge < -0.3 is 16.0 Å². The van der Waals surface area contributed by atoms with E-state index < -0.39 is 0 Å². The van der Waals surface area contributed by atoms with Gasteiger partial charge in [-0.05, 0) is 13.8 Å². The van der Waals surface area contributed by atoms with Crippen LogP contribution in [0.1, 0.15) is 13.8 Å². The zero-order chi connectivity index (χ0) is 7.56. The van der Waals surface area contributed by atoms with Crippen LogP contribution < -0.4 is 11.1 Å². The second kappa shape index (κ2) is 2.92. The van der Waals surface area contributed by atoms with E-state index in [4.69, 9.17) is 5.73 Å². The molecule has 1 rings (SSSR count). The number of hydrogen-bond donors (Lipinski definition) is 2. The lowest BCUT2D eigenvalue weighted by Gasteiger charge is -2.20. The van der Waals surface area contributed by atoms with Crippen molar-refractivity contribution in [3.8, 4) is 0 Å². The molecule has 1 unspecified atom stereocenters. The van der Waals surface area contributed by atoms with E-state index in [2.05, 4.69) is 30.3 Å². The summed E-state index contributed by atoms with van der Waals surface area (Å²) in [5, 5.41) is 3.28. The summed E-state index contributed by atoms with van der Waals surface area (Å²) in [7, 11) is 0. The van der Waals surface area contributed by atoms with Gasteiger partial charge >= 0.3 is 0 Å². The Morgan fingerprint density at radius 1 is 1.80 bits per heavy atom. The summed E-state index contributed by atoms with van der Waals surface area (Å²) in [6.07, 6.45) is 2.53. The summed E-state index contributed by atoms with van der Waals surface area (Å²) >= 11 is 0. The van der Waals surface area contributed by atoms with E-state index in [1.165, 1.54) is 5.70 Å². The Morgan fingerprint density at radius 3 is 2.90 bits per heavy atom. The minimum Gasteiger partial charge on any atom is -0.368 e. The predicted octanol–water partition coefficient (Wildman–Crippen LogP) is 0.0576. The highest BCUT2D eigenvalue weighted by Gasteiger charge is 2.14. The van der Waals surface area contributed by atoms with Gasteiger partial charge in [-0.3, -0.25) is 0 Å². The van der Waals surface area contributed by atoms with Crippen molar-refractivity contribution in [1.82, 2.24) is 10.2 Å². The van der Waals surface area contributed by atoms with E-state index in [1.807, 2.05) is 0 Å². The zero-order valence-electron chi connectivity index (χ0n) is 6.59. The van der Waals surface area contributed by atoms with Crippen LogP contribution in [0, 0.1) is 0 Å². The molecule has 1 aliphatic rings. The van der Waals surface area contributed by atoms with Gasteiger partial charge in [0.1, 0.15) is 0 Å². The van der Waals surface area contributed by atoms with Gasteiger partial charge in [0.25, 0.3) is 0 Å². The van der Waals surface area contributed by atoms with Crippen molar-refractivity contribution in [3.05, 3.63) is 11.9 Å². The van der Waals surface area contributed by atoms with Crippen LogP contribution in [-0.4, -0.2) is 24.2 Å². The van der Waals surface area contributed by atoms with Crippen molar-refractivity contribution in [1.29, 1.82) is 0 Å². The highest BCUT2D eigenvalue weighted by Crippen LogP contribution is 2.07. The van der Waals surface area contributed by atoms with Crippen LogP contribution in [-0.2, 0) is 0 Å². The fraction of sp³-hybridized carbons (Fsp3) is 0.714. The van der Waals surface area contributed by atoms with Crippen LogP contribution in [0.2, 0.25) is 0 Å². The molecule has 0 bridgehead atoms. The number of hydrogen-bond acceptors (Lipinski definition) is 3. The molecule has 3 nitrogen and oxygen atoms in total. The molecule has 0 saturated heterocycles. The van der Waals surface area contributed by atoms with Gasteiger partial charge in [-0.15, -0.1) is 0 Å². The lowest BCUT2D eigenvalue weighted by Crippen LogP contribution is -2.35. The SMILES string of the molecule is CC1=CN(CCN)C(C)N1. The lowest BCUT2D eigenvalue weighted by molar-refractivity contribution is 0.304. The first-order chi connectivity index (χ1) is 4.74. The summed E-state index contributed by atoms with van der Waals surface area (Å²) in [6, 6.07) is 0. The van der Waals surface area contributed by atoms with Crippen LogP contribution >= 0.6 is 0 Å². The summed E-state index contributed by atoms with van der Waals surface area (Å²) in [6.45, 7) is 5.84. The van der Waals surface area contributed by atoms with E-state index >= 15 is 0 Å². The van der Waals surface area contributed by atoms with Crippen molar-refractivity contribution >= 4 is 0 Å². The summed E-state index contributed by atoms with van der Waals surface area (Å²) in [5.41, 5.74) is 6.64. The van der Waals surface area contributed by atoms with Crippen LogP contribution in [0.25, 0.3) is 0 Å². The molecule has 10 heavy (non-hydrogen) atoms. The molecule has 0 saturated carbocycles. The molecule has 0 radical (unpaired) electrons. The molecular formula is C7H15N3. The molecule has 1 atom stereocenters. The lowest BCUT2D eigenvalue weighted by atomic mass is 10.5. The topological polar surface area (TPSA) is 41.3 Å². The third kappa shape index (κ3) is 1.42. The third-order valence-electron chi connectivity index (χ3n) is 1.68. The maximum atomic E-state index is 5.42. The maximum Gasteiger partial charge on any atom is 0.0954 e. The van der Waals surface area contributed by atoms with Gasteiger partial charge in [-0.1, -0.05) is 0 Å². The average molecular weight is 141 g/mol.